The van der Waals surface area contributed by atoms with Crippen LogP contribution in [0.5, 0.6) is 0 Å². The van der Waals surface area contributed by atoms with Crippen molar-refractivity contribution in [1.29, 1.82) is 0 Å². The zero-order valence-corrected chi connectivity index (χ0v) is 12.2. The maximum atomic E-state index is 6.28. The van der Waals surface area contributed by atoms with Gasteiger partial charge in [-0.1, -0.05) is 42.3 Å². The lowest BCUT2D eigenvalue weighted by molar-refractivity contribution is 0.544. The van der Waals surface area contributed by atoms with Crippen LogP contribution in [0.3, 0.4) is 0 Å². The first-order chi connectivity index (χ1) is 9.22. The van der Waals surface area contributed by atoms with Gasteiger partial charge in [0.2, 0.25) is 0 Å². The average molecular weight is 295 g/mol. The normalized spacial score (nSPS) is 12.4. The van der Waals surface area contributed by atoms with E-state index in [0.29, 0.717) is 10.0 Å². The van der Waals surface area contributed by atoms with Crippen molar-refractivity contribution in [3.8, 4) is 0 Å². The van der Waals surface area contributed by atoms with Gasteiger partial charge in [0.25, 0.3) is 0 Å². The number of hydrogen-bond donors (Lipinski definition) is 1. The summed E-state index contributed by atoms with van der Waals surface area (Å²) in [6, 6.07) is 11.6. The first-order valence-electron chi connectivity index (χ1n) is 6.29. The summed E-state index contributed by atoms with van der Waals surface area (Å²) in [5, 5.41) is 4.80. The lowest BCUT2D eigenvalue weighted by Crippen LogP contribution is -2.24. The molecule has 2 aromatic rings. The van der Waals surface area contributed by atoms with Crippen molar-refractivity contribution in [2.75, 3.05) is 6.54 Å². The molecule has 0 bridgehead atoms. The minimum Gasteiger partial charge on any atom is -0.310 e. The molecule has 0 saturated carbocycles. The molecule has 2 nitrogen and oxygen atoms in total. The maximum absolute atomic E-state index is 6.28. The molecule has 0 saturated heterocycles. The number of nitrogens with one attached hydrogen (secondary N) is 1. The Labute approximate surface area is 123 Å². The number of halogens is 2. The maximum Gasteiger partial charge on any atom is 0.0468 e. The van der Waals surface area contributed by atoms with Crippen molar-refractivity contribution in [3.63, 3.8) is 0 Å². The molecule has 0 fully saturated rings. The molecule has 0 aliphatic heterocycles. The SMILES string of the molecule is CCNC(Cc1ccccn1)c1c(Cl)cccc1Cl. The number of hydrogen-bond acceptors (Lipinski definition) is 2. The number of likely N-dealkylation sites (N-methyl/N-ethyl adjacent to an activating group) is 1. The second kappa shape index (κ2) is 6.90. The van der Waals surface area contributed by atoms with Crippen molar-refractivity contribution in [2.24, 2.45) is 0 Å². The number of rotatable bonds is 5. The summed E-state index contributed by atoms with van der Waals surface area (Å²) in [5.74, 6) is 0. The van der Waals surface area contributed by atoms with Gasteiger partial charge in [0.1, 0.15) is 0 Å². The van der Waals surface area contributed by atoms with Gasteiger partial charge >= 0.3 is 0 Å². The molecule has 0 spiro atoms. The molecule has 0 aliphatic rings. The fourth-order valence-corrected chi connectivity index (χ4v) is 2.76. The van der Waals surface area contributed by atoms with Crippen molar-refractivity contribution < 1.29 is 0 Å². The fraction of sp³-hybridized carbons (Fsp3) is 0.267. The monoisotopic (exact) mass is 294 g/mol. The van der Waals surface area contributed by atoms with Gasteiger partial charge in [-0.15, -0.1) is 0 Å². The summed E-state index contributed by atoms with van der Waals surface area (Å²) in [6.07, 6.45) is 2.56. The van der Waals surface area contributed by atoms with Gasteiger partial charge in [-0.05, 0) is 30.8 Å². The zero-order chi connectivity index (χ0) is 13.7. The van der Waals surface area contributed by atoms with Crippen LogP contribution in [-0.2, 0) is 6.42 Å². The molecule has 2 rings (SSSR count). The minimum atomic E-state index is 0.0705. The molecule has 19 heavy (non-hydrogen) atoms. The molecule has 1 aromatic carbocycles. The Bertz CT molecular complexity index is 509. The summed E-state index contributed by atoms with van der Waals surface area (Å²) >= 11 is 12.6. The summed E-state index contributed by atoms with van der Waals surface area (Å²) in [5.41, 5.74) is 1.96. The summed E-state index contributed by atoms with van der Waals surface area (Å²) in [7, 11) is 0. The molecule has 1 aromatic heterocycles. The van der Waals surface area contributed by atoms with Crippen LogP contribution < -0.4 is 5.32 Å². The Hall–Kier alpha value is -1.09. The highest BCUT2D eigenvalue weighted by Gasteiger charge is 2.18. The van der Waals surface area contributed by atoms with Crippen LogP contribution in [0, 0.1) is 0 Å². The summed E-state index contributed by atoms with van der Waals surface area (Å²) in [4.78, 5) is 4.36. The minimum absolute atomic E-state index is 0.0705. The lowest BCUT2D eigenvalue weighted by atomic mass is 10.0. The van der Waals surface area contributed by atoms with Crippen LogP contribution in [0.2, 0.25) is 10.0 Å². The first-order valence-corrected chi connectivity index (χ1v) is 7.05. The second-order valence-electron chi connectivity index (χ2n) is 4.27. The molecule has 100 valence electrons. The molecule has 1 unspecified atom stereocenters. The lowest BCUT2D eigenvalue weighted by Gasteiger charge is -2.20. The van der Waals surface area contributed by atoms with E-state index in [-0.39, 0.29) is 6.04 Å². The Morgan fingerprint density at radius 1 is 1.11 bits per heavy atom. The van der Waals surface area contributed by atoms with Crippen molar-refractivity contribution in [1.82, 2.24) is 10.3 Å². The molecular weight excluding hydrogens is 279 g/mol. The Morgan fingerprint density at radius 2 is 1.84 bits per heavy atom. The largest absolute Gasteiger partial charge is 0.310 e. The summed E-state index contributed by atoms with van der Waals surface area (Å²) < 4.78 is 0. The van der Waals surface area contributed by atoms with Crippen LogP contribution in [0.1, 0.15) is 24.2 Å². The van der Waals surface area contributed by atoms with Crippen molar-refractivity contribution in [3.05, 3.63) is 63.9 Å². The van der Waals surface area contributed by atoms with Gasteiger partial charge in [-0.25, -0.2) is 0 Å². The highest BCUT2D eigenvalue weighted by Crippen LogP contribution is 2.31. The van der Waals surface area contributed by atoms with Gasteiger partial charge in [0, 0.05) is 40.0 Å². The van der Waals surface area contributed by atoms with Crippen LogP contribution >= 0.6 is 23.2 Å². The van der Waals surface area contributed by atoms with E-state index >= 15 is 0 Å². The molecule has 1 heterocycles. The third kappa shape index (κ3) is 3.69. The van der Waals surface area contributed by atoms with Gasteiger partial charge < -0.3 is 5.32 Å². The highest BCUT2D eigenvalue weighted by atomic mass is 35.5. The van der Waals surface area contributed by atoms with Crippen LogP contribution in [0.25, 0.3) is 0 Å². The van der Waals surface area contributed by atoms with E-state index in [1.165, 1.54) is 0 Å². The van der Waals surface area contributed by atoms with Crippen molar-refractivity contribution >= 4 is 23.2 Å². The number of aromatic nitrogens is 1. The average Bonchev–Trinajstić information content (AvgIpc) is 2.40. The van der Waals surface area contributed by atoms with E-state index in [2.05, 4.69) is 17.2 Å². The van der Waals surface area contributed by atoms with E-state index in [4.69, 9.17) is 23.2 Å². The highest BCUT2D eigenvalue weighted by molar-refractivity contribution is 6.36. The molecular formula is C15H16Cl2N2. The third-order valence-corrected chi connectivity index (χ3v) is 3.60. The second-order valence-corrected chi connectivity index (χ2v) is 5.09. The van der Waals surface area contributed by atoms with Gasteiger partial charge in [-0.2, -0.15) is 0 Å². The number of benzene rings is 1. The fourth-order valence-electron chi connectivity index (χ4n) is 2.09. The van der Waals surface area contributed by atoms with Gasteiger partial charge in [0.15, 0.2) is 0 Å². The third-order valence-electron chi connectivity index (χ3n) is 2.94. The van der Waals surface area contributed by atoms with Gasteiger partial charge in [0.05, 0.1) is 0 Å². The Morgan fingerprint density at radius 3 is 2.42 bits per heavy atom. The summed E-state index contributed by atoms with van der Waals surface area (Å²) in [6.45, 7) is 2.91. The molecule has 1 N–H and O–H groups in total. The van der Waals surface area contributed by atoms with E-state index in [0.717, 1.165) is 24.2 Å². The molecule has 0 radical (unpaired) electrons. The van der Waals surface area contributed by atoms with Crippen LogP contribution in [0.4, 0.5) is 0 Å². The van der Waals surface area contributed by atoms with E-state index in [9.17, 15) is 0 Å². The quantitative estimate of drug-likeness (QED) is 0.890. The Kier molecular flexibility index (Phi) is 5.20. The smallest absolute Gasteiger partial charge is 0.0468 e. The molecule has 0 aliphatic carbocycles. The first kappa shape index (κ1) is 14.3. The number of nitrogens with zero attached hydrogens (tertiary/aromatic N) is 1. The topological polar surface area (TPSA) is 24.9 Å². The molecule has 0 amide bonds. The zero-order valence-electron chi connectivity index (χ0n) is 10.7. The van der Waals surface area contributed by atoms with Gasteiger partial charge in [-0.3, -0.25) is 4.98 Å². The molecule has 1 atom stereocenters. The number of pyridine rings is 1. The van der Waals surface area contributed by atoms with E-state index in [1.807, 2.05) is 36.4 Å². The standard InChI is InChI=1S/C15H16Cl2N2/c1-2-18-14(10-11-6-3-4-9-19-11)15-12(16)7-5-8-13(15)17/h3-9,14,18H,2,10H2,1H3. The van der Waals surface area contributed by atoms with Crippen LogP contribution in [0.15, 0.2) is 42.6 Å². The van der Waals surface area contributed by atoms with Crippen LogP contribution in [-0.4, -0.2) is 11.5 Å². The predicted octanol–water partition coefficient (Wildman–Crippen LogP) is 4.28. The Balaban J connectivity index is 2.30. The van der Waals surface area contributed by atoms with Crippen molar-refractivity contribution in [2.45, 2.75) is 19.4 Å². The van der Waals surface area contributed by atoms with E-state index < -0.39 is 0 Å². The van der Waals surface area contributed by atoms with E-state index in [1.54, 1.807) is 6.20 Å². The molecule has 4 heteroatoms. The predicted molar refractivity (Wildman–Crippen MR) is 80.8 cm³/mol.